The van der Waals surface area contributed by atoms with Crippen LogP contribution < -0.4 is 0 Å². The van der Waals surface area contributed by atoms with Gasteiger partial charge in [0.2, 0.25) is 11.8 Å². The minimum atomic E-state index is -3.20. The summed E-state index contributed by atoms with van der Waals surface area (Å²) in [6.45, 7) is 1.78. The molecule has 1 spiro atoms. The van der Waals surface area contributed by atoms with Crippen molar-refractivity contribution in [1.82, 2.24) is 9.80 Å². The Balaban J connectivity index is 1.76. The molecule has 0 radical (unpaired) electrons. The van der Waals surface area contributed by atoms with Crippen LogP contribution in [-0.4, -0.2) is 60.7 Å². The van der Waals surface area contributed by atoms with Crippen LogP contribution in [0.25, 0.3) is 0 Å². The Kier molecular flexibility index (Phi) is 5.37. The van der Waals surface area contributed by atoms with Crippen molar-refractivity contribution < 1.29 is 18.0 Å². The lowest BCUT2D eigenvalue weighted by atomic mass is 9.85. The maximum absolute atomic E-state index is 13.3. The first kappa shape index (κ1) is 18.9. The second kappa shape index (κ2) is 7.39. The summed E-state index contributed by atoms with van der Waals surface area (Å²) in [6.07, 6.45) is 4.06. The maximum atomic E-state index is 13.3. The molecule has 2 heterocycles. The molecule has 3 rings (SSSR count). The van der Waals surface area contributed by atoms with Crippen LogP contribution in [0.2, 0.25) is 0 Å². The van der Waals surface area contributed by atoms with E-state index in [0.29, 0.717) is 32.5 Å². The highest BCUT2D eigenvalue weighted by molar-refractivity contribution is 7.90. The van der Waals surface area contributed by atoms with Gasteiger partial charge in [0, 0.05) is 32.3 Å². The minimum Gasteiger partial charge on any atom is -0.336 e. The number of likely N-dealkylation sites (tertiary alicyclic amines) is 2. The number of piperidine rings is 1. The predicted octanol–water partition coefficient (Wildman–Crippen LogP) is 1.60. The highest BCUT2D eigenvalue weighted by Crippen LogP contribution is 2.39. The van der Waals surface area contributed by atoms with Gasteiger partial charge in [-0.1, -0.05) is 30.3 Å². The molecule has 0 saturated carbocycles. The molecule has 7 heteroatoms. The van der Waals surface area contributed by atoms with Gasteiger partial charge >= 0.3 is 0 Å². The Labute approximate surface area is 155 Å². The van der Waals surface area contributed by atoms with Gasteiger partial charge in [0.1, 0.15) is 15.4 Å². The van der Waals surface area contributed by atoms with Crippen LogP contribution in [0.1, 0.15) is 37.7 Å². The highest BCUT2D eigenvalue weighted by Gasteiger charge is 2.52. The average Bonchev–Trinajstić information content (AvgIpc) is 3.02. The third kappa shape index (κ3) is 3.92. The lowest BCUT2D eigenvalue weighted by molar-refractivity contribution is -0.155. The molecule has 26 heavy (non-hydrogen) atoms. The molecule has 2 amide bonds. The number of amides is 2. The van der Waals surface area contributed by atoms with E-state index < -0.39 is 15.4 Å². The van der Waals surface area contributed by atoms with Gasteiger partial charge in [0.05, 0.1) is 5.75 Å². The van der Waals surface area contributed by atoms with Gasteiger partial charge in [-0.05, 0) is 31.2 Å². The van der Waals surface area contributed by atoms with Gasteiger partial charge < -0.3 is 9.80 Å². The molecular formula is C19H26N2O4S. The fourth-order valence-corrected chi connectivity index (χ4v) is 4.70. The molecule has 1 unspecified atom stereocenters. The van der Waals surface area contributed by atoms with Crippen molar-refractivity contribution in [2.24, 2.45) is 0 Å². The van der Waals surface area contributed by atoms with E-state index in [9.17, 15) is 18.0 Å². The quantitative estimate of drug-likeness (QED) is 0.780. The molecule has 2 fully saturated rings. The van der Waals surface area contributed by atoms with Crippen LogP contribution >= 0.6 is 0 Å². The second-order valence-electron chi connectivity index (χ2n) is 7.38. The number of rotatable bonds is 5. The third-order valence-corrected chi connectivity index (χ3v) is 6.34. The first-order valence-electron chi connectivity index (χ1n) is 9.13. The van der Waals surface area contributed by atoms with Gasteiger partial charge in [-0.25, -0.2) is 8.42 Å². The standard InChI is InChI=1S/C19H26N2O4S/c1-26(24,25)14-9-17(22)21-13-6-11-19(21)10-5-12-20(18(19)23)15-16-7-3-2-4-8-16/h2-4,7-8H,5-6,9-15H2,1H3. The summed E-state index contributed by atoms with van der Waals surface area (Å²) in [5.74, 6) is -0.374. The number of hydrogen-bond donors (Lipinski definition) is 0. The number of carbonyl (C=O) groups excluding carboxylic acids is 2. The van der Waals surface area contributed by atoms with Crippen LogP contribution in [0.15, 0.2) is 30.3 Å². The normalized spacial score (nSPS) is 23.7. The Morgan fingerprint density at radius 3 is 2.42 bits per heavy atom. The molecule has 6 nitrogen and oxygen atoms in total. The van der Waals surface area contributed by atoms with E-state index in [1.807, 2.05) is 35.2 Å². The summed E-state index contributed by atoms with van der Waals surface area (Å²) in [6, 6.07) is 9.85. The molecule has 0 aliphatic carbocycles. The first-order chi connectivity index (χ1) is 12.3. The zero-order valence-corrected chi connectivity index (χ0v) is 16.0. The molecule has 0 bridgehead atoms. The Bertz CT molecular complexity index is 778. The Morgan fingerprint density at radius 1 is 1.12 bits per heavy atom. The fraction of sp³-hybridized carbons (Fsp3) is 0.579. The molecule has 1 atom stereocenters. The number of nitrogens with zero attached hydrogens (tertiary/aromatic N) is 2. The predicted molar refractivity (Wildman–Crippen MR) is 99.1 cm³/mol. The van der Waals surface area contributed by atoms with Crippen molar-refractivity contribution in [3.8, 4) is 0 Å². The van der Waals surface area contributed by atoms with Crippen molar-refractivity contribution in [3.63, 3.8) is 0 Å². The Morgan fingerprint density at radius 2 is 1.77 bits per heavy atom. The van der Waals surface area contributed by atoms with Gasteiger partial charge in [-0.15, -0.1) is 0 Å². The van der Waals surface area contributed by atoms with Gasteiger partial charge in [-0.3, -0.25) is 9.59 Å². The van der Waals surface area contributed by atoms with E-state index in [-0.39, 0.29) is 24.0 Å². The largest absolute Gasteiger partial charge is 0.336 e. The lowest BCUT2D eigenvalue weighted by Crippen LogP contribution is -2.61. The first-order valence-corrected chi connectivity index (χ1v) is 11.2. The summed E-state index contributed by atoms with van der Waals surface area (Å²) in [4.78, 5) is 29.5. The number of hydrogen-bond acceptors (Lipinski definition) is 4. The molecule has 0 N–H and O–H groups in total. The number of benzene rings is 1. The molecule has 142 valence electrons. The molecular weight excluding hydrogens is 352 g/mol. The van der Waals surface area contributed by atoms with E-state index in [1.54, 1.807) is 4.90 Å². The molecule has 2 saturated heterocycles. The van der Waals surface area contributed by atoms with E-state index in [2.05, 4.69) is 0 Å². The topological polar surface area (TPSA) is 74.8 Å². The van der Waals surface area contributed by atoms with Crippen LogP contribution in [-0.2, 0) is 26.0 Å². The zero-order chi connectivity index (χ0) is 18.8. The average molecular weight is 378 g/mol. The minimum absolute atomic E-state index is 0.0119. The molecule has 2 aliphatic heterocycles. The SMILES string of the molecule is CS(=O)(=O)CCC(=O)N1CCCC12CCCN(Cc1ccccc1)C2=O. The second-order valence-corrected chi connectivity index (χ2v) is 9.64. The smallest absolute Gasteiger partial charge is 0.248 e. The van der Waals surface area contributed by atoms with Crippen molar-refractivity contribution in [2.75, 3.05) is 25.1 Å². The molecule has 1 aromatic carbocycles. The summed E-state index contributed by atoms with van der Waals surface area (Å²) in [7, 11) is -3.20. The lowest BCUT2D eigenvalue weighted by Gasteiger charge is -2.44. The molecule has 0 aromatic heterocycles. The Hall–Kier alpha value is -1.89. The molecule has 1 aromatic rings. The summed E-state index contributed by atoms with van der Waals surface area (Å²) in [5.41, 5.74) is 0.299. The summed E-state index contributed by atoms with van der Waals surface area (Å²) in [5, 5.41) is 0. The summed E-state index contributed by atoms with van der Waals surface area (Å²) >= 11 is 0. The molecule has 2 aliphatic rings. The van der Waals surface area contributed by atoms with Crippen LogP contribution in [0, 0.1) is 0 Å². The third-order valence-electron chi connectivity index (χ3n) is 5.40. The van der Waals surface area contributed by atoms with Gasteiger partial charge in [0.15, 0.2) is 0 Å². The van der Waals surface area contributed by atoms with Gasteiger partial charge in [0.25, 0.3) is 0 Å². The van der Waals surface area contributed by atoms with Crippen molar-refractivity contribution in [2.45, 2.75) is 44.2 Å². The van der Waals surface area contributed by atoms with Crippen molar-refractivity contribution in [1.29, 1.82) is 0 Å². The number of sulfone groups is 1. The van der Waals surface area contributed by atoms with Crippen LogP contribution in [0.5, 0.6) is 0 Å². The maximum Gasteiger partial charge on any atom is 0.248 e. The summed E-state index contributed by atoms with van der Waals surface area (Å²) < 4.78 is 22.8. The van der Waals surface area contributed by atoms with E-state index in [0.717, 1.165) is 24.7 Å². The van der Waals surface area contributed by atoms with Gasteiger partial charge in [-0.2, -0.15) is 0 Å². The van der Waals surface area contributed by atoms with Crippen LogP contribution in [0.3, 0.4) is 0 Å². The van der Waals surface area contributed by atoms with E-state index in [1.165, 1.54) is 0 Å². The highest BCUT2D eigenvalue weighted by atomic mass is 32.2. The van der Waals surface area contributed by atoms with E-state index in [4.69, 9.17) is 0 Å². The van der Waals surface area contributed by atoms with E-state index >= 15 is 0 Å². The number of carbonyl (C=O) groups is 2. The monoisotopic (exact) mass is 378 g/mol. The van der Waals surface area contributed by atoms with Crippen molar-refractivity contribution in [3.05, 3.63) is 35.9 Å². The fourth-order valence-electron chi connectivity index (χ4n) is 4.15. The van der Waals surface area contributed by atoms with Crippen molar-refractivity contribution >= 4 is 21.7 Å². The van der Waals surface area contributed by atoms with Crippen LogP contribution in [0.4, 0.5) is 0 Å². The zero-order valence-electron chi connectivity index (χ0n) is 15.2.